The normalized spacial score (nSPS) is 21.6. The average Bonchev–Trinajstić information content (AvgIpc) is 3.05. The SMILES string of the molecule is CC(C)CC1(CO)CCCN1C(=O)NCCc1ccnn1C. The van der Waals surface area contributed by atoms with Crippen molar-refractivity contribution in [2.75, 3.05) is 19.7 Å². The molecule has 0 bridgehead atoms. The first-order valence-corrected chi connectivity index (χ1v) is 8.12. The Morgan fingerprint density at radius 2 is 2.32 bits per heavy atom. The number of hydrogen-bond acceptors (Lipinski definition) is 3. The molecule has 6 heteroatoms. The van der Waals surface area contributed by atoms with E-state index in [1.807, 2.05) is 22.7 Å². The van der Waals surface area contributed by atoms with E-state index in [0.29, 0.717) is 12.5 Å². The van der Waals surface area contributed by atoms with Gasteiger partial charge in [0.15, 0.2) is 0 Å². The number of likely N-dealkylation sites (tertiary alicyclic amines) is 1. The second kappa shape index (κ2) is 7.13. The number of carbonyl (C=O) groups excluding carboxylic acids is 1. The molecule has 0 saturated carbocycles. The molecular formula is C16H28N4O2. The summed E-state index contributed by atoms with van der Waals surface area (Å²) < 4.78 is 1.82. The van der Waals surface area contributed by atoms with Crippen molar-refractivity contribution in [2.24, 2.45) is 13.0 Å². The Balaban J connectivity index is 1.91. The molecule has 1 unspecified atom stereocenters. The highest BCUT2D eigenvalue weighted by atomic mass is 16.3. The molecule has 0 spiro atoms. The summed E-state index contributed by atoms with van der Waals surface area (Å²) in [5.41, 5.74) is 0.711. The Bertz CT molecular complexity index is 500. The van der Waals surface area contributed by atoms with Crippen molar-refractivity contribution in [3.8, 4) is 0 Å². The van der Waals surface area contributed by atoms with E-state index in [1.165, 1.54) is 0 Å². The van der Waals surface area contributed by atoms with Crippen LogP contribution in [0.5, 0.6) is 0 Å². The predicted molar refractivity (Wildman–Crippen MR) is 85.5 cm³/mol. The largest absolute Gasteiger partial charge is 0.394 e. The lowest BCUT2D eigenvalue weighted by atomic mass is 9.87. The van der Waals surface area contributed by atoms with Crippen LogP contribution >= 0.6 is 0 Å². The molecule has 124 valence electrons. The Hall–Kier alpha value is -1.56. The molecule has 2 N–H and O–H groups in total. The van der Waals surface area contributed by atoms with Gasteiger partial charge >= 0.3 is 6.03 Å². The maximum atomic E-state index is 12.5. The van der Waals surface area contributed by atoms with Gasteiger partial charge in [0.2, 0.25) is 0 Å². The Morgan fingerprint density at radius 1 is 1.55 bits per heavy atom. The van der Waals surface area contributed by atoms with Gasteiger partial charge in [0.05, 0.1) is 12.1 Å². The number of aliphatic hydroxyl groups is 1. The Morgan fingerprint density at radius 3 is 2.91 bits per heavy atom. The summed E-state index contributed by atoms with van der Waals surface area (Å²) in [4.78, 5) is 14.3. The lowest BCUT2D eigenvalue weighted by Crippen LogP contribution is -2.54. The molecular weight excluding hydrogens is 280 g/mol. The van der Waals surface area contributed by atoms with Crippen molar-refractivity contribution in [2.45, 2.75) is 45.1 Å². The number of rotatable bonds is 6. The van der Waals surface area contributed by atoms with E-state index in [1.54, 1.807) is 6.20 Å². The molecule has 0 aliphatic carbocycles. The summed E-state index contributed by atoms with van der Waals surface area (Å²) in [6.07, 6.45) is 5.21. The number of aromatic nitrogens is 2. The van der Waals surface area contributed by atoms with Gasteiger partial charge in [-0.2, -0.15) is 5.10 Å². The van der Waals surface area contributed by atoms with Crippen LogP contribution in [0, 0.1) is 5.92 Å². The van der Waals surface area contributed by atoms with Crippen LogP contribution in [-0.4, -0.2) is 51.1 Å². The molecule has 1 fully saturated rings. The van der Waals surface area contributed by atoms with E-state index in [0.717, 1.165) is 37.9 Å². The van der Waals surface area contributed by atoms with Gasteiger partial charge in [-0.25, -0.2) is 4.79 Å². The lowest BCUT2D eigenvalue weighted by Gasteiger charge is -2.38. The third-order valence-corrected chi connectivity index (χ3v) is 4.50. The topological polar surface area (TPSA) is 70.4 Å². The molecule has 1 saturated heterocycles. The van der Waals surface area contributed by atoms with Gasteiger partial charge in [0.1, 0.15) is 0 Å². The zero-order valence-corrected chi connectivity index (χ0v) is 13.9. The van der Waals surface area contributed by atoms with Crippen LogP contribution in [0.2, 0.25) is 0 Å². The summed E-state index contributed by atoms with van der Waals surface area (Å²) in [5.74, 6) is 0.454. The van der Waals surface area contributed by atoms with Gasteiger partial charge in [0.25, 0.3) is 0 Å². The third-order valence-electron chi connectivity index (χ3n) is 4.50. The van der Waals surface area contributed by atoms with Gasteiger partial charge in [-0.15, -0.1) is 0 Å². The van der Waals surface area contributed by atoms with Crippen molar-refractivity contribution in [1.29, 1.82) is 0 Å². The van der Waals surface area contributed by atoms with Crippen molar-refractivity contribution in [1.82, 2.24) is 20.0 Å². The summed E-state index contributed by atoms with van der Waals surface area (Å²) in [7, 11) is 1.90. The fourth-order valence-corrected chi connectivity index (χ4v) is 3.50. The van der Waals surface area contributed by atoms with Gasteiger partial charge < -0.3 is 15.3 Å². The molecule has 1 aromatic heterocycles. The van der Waals surface area contributed by atoms with E-state index in [4.69, 9.17) is 0 Å². The second-order valence-electron chi connectivity index (χ2n) is 6.66. The minimum Gasteiger partial charge on any atom is -0.394 e. The van der Waals surface area contributed by atoms with Crippen LogP contribution in [-0.2, 0) is 13.5 Å². The van der Waals surface area contributed by atoms with Crippen LogP contribution < -0.4 is 5.32 Å². The summed E-state index contributed by atoms with van der Waals surface area (Å²) in [5, 5.41) is 17.0. The van der Waals surface area contributed by atoms with Crippen LogP contribution in [0.15, 0.2) is 12.3 Å². The molecule has 22 heavy (non-hydrogen) atoms. The molecule has 2 rings (SSSR count). The highest BCUT2D eigenvalue weighted by Crippen LogP contribution is 2.34. The van der Waals surface area contributed by atoms with Crippen LogP contribution in [0.25, 0.3) is 0 Å². The molecule has 1 aliphatic heterocycles. The quantitative estimate of drug-likeness (QED) is 0.837. The van der Waals surface area contributed by atoms with Crippen molar-refractivity contribution in [3.05, 3.63) is 18.0 Å². The molecule has 0 aromatic carbocycles. The van der Waals surface area contributed by atoms with E-state index in [-0.39, 0.29) is 18.2 Å². The first-order chi connectivity index (χ1) is 10.5. The van der Waals surface area contributed by atoms with Gasteiger partial charge in [-0.1, -0.05) is 13.8 Å². The van der Waals surface area contributed by atoms with Gasteiger partial charge in [0, 0.05) is 38.4 Å². The lowest BCUT2D eigenvalue weighted by molar-refractivity contribution is 0.0677. The maximum absolute atomic E-state index is 12.5. The van der Waals surface area contributed by atoms with Crippen LogP contribution in [0.1, 0.15) is 38.8 Å². The van der Waals surface area contributed by atoms with Crippen molar-refractivity contribution < 1.29 is 9.90 Å². The number of aliphatic hydroxyl groups excluding tert-OH is 1. The van der Waals surface area contributed by atoms with E-state index < -0.39 is 0 Å². The van der Waals surface area contributed by atoms with Crippen LogP contribution in [0.4, 0.5) is 4.79 Å². The maximum Gasteiger partial charge on any atom is 0.317 e. The first kappa shape index (κ1) is 16.8. The summed E-state index contributed by atoms with van der Waals surface area (Å²) in [6, 6.07) is 1.90. The van der Waals surface area contributed by atoms with Crippen LogP contribution in [0.3, 0.4) is 0 Å². The predicted octanol–water partition coefficient (Wildman–Crippen LogP) is 1.55. The molecule has 0 radical (unpaired) electrons. The molecule has 2 heterocycles. The number of urea groups is 1. The monoisotopic (exact) mass is 308 g/mol. The van der Waals surface area contributed by atoms with Crippen molar-refractivity contribution >= 4 is 6.03 Å². The van der Waals surface area contributed by atoms with E-state index >= 15 is 0 Å². The summed E-state index contributed by atoms with van der Waals surface area (Å²) in [6.45, 7) is 5.62. The first-order valence-electron chi connectivity index (χ1n) is 8.12. The smallest absolute Gasteiger partial charge is 0.317 e. The van der Waals surface area contributed by atoms with E-state index in [2.05, 4.69) is 24.3 Å². The second-order valence-corrected chi connectivity index (χ2v) is 6.66. The minimum absolute atomic E-state index is 0.0420. The van der Waals surface area contributed by atoms with Gasteiger partial charge in [-0.05, 0) is 31.2 Å². The molecule has 1 aliphatic rings. The highest BCUT2D eigenvalue weighted by Gasteiger charge is 2.43. The van der Waals surface area contributed by atoms with Crippen molar-refractivity contribution in [3.63, 3.8) is 0 Å². The fraction of sp³-hybridized carbons (Fsp3) is 0.750. The summed E-state index contributed by atoms with van der Waals surface area (Å²) >= 11 is 0. The Labute approximate surface area is 132 Å². The minimum atomic E-state index is -0.384. The number of nitrogens with one attached hydrogen (secondary N) is 1. The number of aryl methyl sites for hydroxylation is 1. The standard InChI is InChI=1S/C16H28N4O2/c1-13(2)11-16(12-21)7-4-10-20(16)15(22)17-8-5-14-6-9-18-19(14)3/h6,9,13,21H,4-5,7-8,10-12H2,1-3H3,(H,17,22). The van der Waals surface area contributed by atoms with Gasteiger partial charge in [-0.3, -0.25) is 4.68 Å². The molecule has 1 aromatic rings. The molecule has 6 nitrogen and oxygen atoms in total. The van der Waals surface area contributed by atoms with E-state index in [9.17, 15) is 9.90 Å². The number of hydrogen-bond donors (Lipinski definition) is 2. The fourth-order valence-electron chi connectivity index (χ4n) is 3.50. The highest BCUT2D eigenvalue weighted by molar-refractivity contribution is 5.75. The third kappa shape index (κ3) is 3.61. The Kier molecular flexibility index (Phi) is 5.45. The average molecular weight is 308 g/mol. The zero-order chi connectivity index (χ0) is 16.2. The zero-order valence-electron chi connectivity index (χ0n) is 13.9. The number of amides is 2. The number of carbonyl (C=O) groups is 1. The number of nitrogens with zero attached hydrogens (tertiary/aromatic N) is 3. The molecule has 2 amide bonds. The molecule has 1 atom stereocenters.